The summed E-state index contributed by atoms with van der Waals surface area (Å²) in [4.78, 5) is 0.156. The number of sulfonamides is 1. The van der Waals surface area contributed by atoms with Crippen LogP contribution in [0.4, 0.5) is 0 Å². The van der Waals surface area contributed by atoms with Crippen molar-refractivity contribution < 1.29 is 27.4 Å². The predicted octanol–water partition coefficient (Wildman–Crippen LogP) is 2.49. The Hall–Kier alpha value is -2.29. The van der Waals surface area contributed by atoms with Crippen molar-refractivity contribution in [3.05, 3.63) is 48.0 Å². The SMILES string of the molecule is COc1ccccc1C1(CNS(=O)(=O)c2ccc3c(c2)OCCO3)CCOCC1. The van der Waals surface area contributed by atoms with Gasteiger partial charge in [-0.3, -0.25) is 0 Å². The van der Waals surface area contributed by atoms with E-state index in [1.165, 1.54) is 12.1 Å². The highest BCUT2D eigenvalue weighted by atomic mass is 32.2. The second-order valence-corrected chi connectivity index (χ2v) is 8.99. The average Bonchev–Trinajstić information content (AvgIpc) is 2.78. The second-order valence-electron chi connectivity index (χ2n) is 7.22. The Morgan fingerprint density at radius 1 is 1.00 bits per heavy atom. The van der Waals surface area contributed by atoms with E-state index in [1.54, 1.807) is 13.2 Å². The molecule has 29 heavy (non-hydrogen) atoms. The van der Waals surface area contributed by atoms with Crippen LogP contribution in [-0.2, 0) is 20.2 Å². The lowest BCUT2D eigenvalue weighted by molar-refractivity contribution is 0.0509. The highest BCUT2D eigenvalue weighted by Crippen LogP contribution is 2.40. The summed E-state index contributed by atoms with van der Waals surface area (Å²) < 4.78 is 50.9. The lowest BCUT2D eigenvalue weighted by Crippen LogP contribution is -2.44. The Balaban J connectivity index is 1.60. The fraction of sp³-hybridized carbons (Fsp3) is 0.429. The summed E-state index contributed by atoms with van der Waals surface area (Å²) in [6.07, 6.45) is 1.41. The Bertz CT molecular complexity index is 969. The van der Waals surface area contributed by atoms with Crippen molar-refractivity contribution in [1.82, 2.24) is 4.72 Å². The van der Waals surface area contributed by atoms with Gasteiger partial charge in [-0.2, -0.15) is 0 Å². The van der Waals surface area contributed by atoms with Crippen LogP contribution in [0, 0.1) is 0 Å². The highest BCUT2D eigenvalue weighted by Gasteiger charge is 2.38. The Morgan fingerprint density at radius 2 is 1.72 bits per heavy atom. The number of fused-ring (bicyclic) bond motifs is 1. The van der Waals surface area contributed by atoms with Gasteiger partial charge in [0.15, 0.2) is 11.5 Å². The number of ether oxygens (including phenoxy) is 4. The minimum absolute atomic E-state index is 0.156. The van der Waals surface area contributed by atoms with Crippen LogP contribution < -0.4 is 18.9 Å². The van der Waals surface area contributed by atoms with Gasteiger partial charge in [0.25, 0.3) is 0 Å². The van der Waals surface area contributed by atoms with Crippen LogP contribution in [0.25, 0.3) is 0 Å². The Kier molecular flexibility index (Phi) is 5.67. The molecule has 1 saturated heterocycles. The van der Waals surface area contributed by atoms with Gasteiger partial charge in [-0.1, -0.05) is 18.2 Å². The van der Waals surface area contributed by atoms with Crippen molar-refractivity contribution in [1.29, 1.82) is 0 Å². The minimum Gasteiger partial charge on any atom is -0.496 e. The van der Waals surface area contributed by atoms with Crippen LogP contribution in [0.15, 0.2) is 47.4 Å². The largest absolute Gasteiger partial charge is 0.496 e. The number of rotatable bonds is 6. The molecule has 8 heteroatoms. The topological polar surface area (TPSA) is 83.1 Å². The van der Waals surface area contributed by atoms with Crippen molar-refractivity contribution in [3.63, 3.8) is 0 Å². The Labute approximate surface area is 171 Å². The molecular formula is C21H25NO6S. The van der Waals surface area contributed by atoms with Crippen LogP contribution in [0.3, 0.4) is 0 Å². The monoisotopic (exact) mass is 419 g/mol. The van der Waals surface area contributed by atoms with E-state index in [9.17, 15) is 8.42 Å². The summed E-state index contributed by atoms with van der Waals surface area (Å²) in [5.41, 5.74) is 0.599. The fourth-order valence-electron chi connectivity index (χ4n) is 3.89. The molecule has 0 saturated carbocycles. The van der Waals surface area contributed by atoms with Gasteiger partial charge in [0.1, 0.15) is 19.0 Å². The third kappa shape index (κ3) is 4.05. The van der Waals surface area contributed by atoms with E-state index in [-0.39, 0.29) is 11.4 Å². The number of hydrogen-bond acceptors (Lipinski definition) is 6. The normalized spacial score (nSPS) is 18.2. The molecule has 0 bridgehead atoms. The average molecular weight is 419 g/mol. The van der Waals surface area contributed by atoms with Gasteiger partial charge in [-0.25, -0.2) is 13.1 Å². The molecule has 0 atom stereocenters. The molecule has 0 unspecified atom stereocenters. The van der Waals surface area contributed by atoms with Crippen LogP contribution in [-0.4, -0.2) is 48.5 Å². The summed E-state index contributed by atoms with van der Waals surface area (Å²) in [6, 6.07) is 12.4. The van der Waals surface area contributed by atoms with E-state index >= 15 is 0 Å². The van der Waals surface area contributed by atoms with Crippen molar-refractivity contribution >= 4 is 10.0 Å². The maximum Gasteiger partial charge on any atom is 0.240 e. The maximum atomic E-state index is 13.0. The lowest BCUT2D eigenvalue weighted by atomic mass is 9.74. The molecule has 4 rings (SSSR count). The van der Waals surface area contributed by atoms with Crippen molar-refractivity contribution in [2.45, 2.75) is 23.2 Å². The first-order chi connectivity index (χ1) is 14.0. The van der Waals surface area contributed by atoms with Gasteiger partial charge in [0.2, 0.25) is 10.0 Å². The molecule has 0 spiro atoms. The fourth-order valence-corrected chi connectivity index (χ4v) is 5.04. The van der Waals surface area contributed by atoms with Gasteiger partial charge >= 0.3 is 0 Å². The number of methoxy groups -OCH3 is 1. The molecule has 2 aliphatic heterocycles. The molecule has 0 aliphatic carbocycles. The number of hydrogen-bond donors (Lipinski definition) is 1. The third-order valence-electron chi connectivity index (χ3n) is 5.55. The number of para-hydroxylation sites is 1. The smallest absolute Gasteiger partial charge is 0.240 e. The zero-order chi connectivity index (χ0) is 20.3. The van der Waals surface area contributed by atoms with E-state index in [0.717, 1.165) is 11.3 Å². The molecule has 2 aromatic rings. The molecule has 1 fully saturated rings. The zero-order valence-electron chi connectivity index (χ0n) is 16.3. The summed E-state index contributed by atoms with van der Waals surface area (Å²) >= 11 is 0. The summed E-state index contributed by atoms with van der Waals surface area (Å²) in [6.45, 7) is 2.27. The Morgan fingerprint density at radius 3 is 2.48 bits per heavy atom. The van der Waals surface area contributed by atoms with Crippen molar-refractivity contribution in [3.8, 4) is 17.2 Å². The molecular weight excluding hydrogens is 394 g/mol. The van der Waals surface area contributed by atoms with Crippen LogP contribution >= 0.6 is 0 Å². The molecule has 0 aromatic heterocycles. The van der Waals surface area contributed by atoms with E-state index in [0.29, 0.717) is 50.8 Å². The highest BCUT2D eigenvalue weighted by molar-refractivity contribution is 7.89. The van der Waals surface area contributed by atoms with Gasteiger partial charge in [0, 0.05) is 36.8 Å². The predicted molar refractivity (Wildman–Crippen MR) is 107 cm³/mol. The van der Waals surface area contributed by atoms with Gasteiger partial charge < -0.3 is 18.9 Å². The van der Waals surface area contributed by atoms with Crippen LogP contribution in [0.2, 0.25) is 0 Å². The number of nitrogens with one attached hydrogen (secondary N) is 1. The molecule has 2 aromatic carbocycles. The molecule has 0 radical (unpaired) electrons. The second kappa shape index (κ2) is 8.22. The van der Waals surface area contributed by atoms with Crippen molar-refractivity contribution in [2.24, 2.45) is 0 Å². The van der Waals surface area contributed by atoms with Gasteiger partial charge in [-0.15, -0.1) is 0 Å². The summed E-state index contributed by atoms with van der Waals surface area (Å²) in [7, 11) is -2.10. The zero-order valence-corrected chi connectivity index (χ0v) is 17.2. The van der Waals surface area contributed by atoms with Gasteiger partial charge in [0.05, 0.1) is 12.0 Å². The molecule has 2 aliphatic rings. The molecule has 156 valence electrons. The van der Waals surface area contributed by atoms with E-state index < -0.39 is 15.4 Å². The number of benzene rings is 2. The molecule has 1 N–H and O–H groups in total. The first-order valence-electron chi connectivity index (χ1n) is 9.65. The maximum absolute atomic E-state index is 13.0. The third-order valence-corrected chi connectivity index (χ3v) is 6.95. The lowest BCUT2D eigenvalue weighted by Gasteiger charge is -2.38. The van der Waals surface area contributed by atoms with E-state index in [4.69, 9.17) is 18.9 Å². The first kappa shape index (κ1) is 20.0. The molecule has 7 nitrogen and oxygen atoms in total. The molecule has 2 heterocycles. The van der Waals surface area contributed by atoms with Crippen molar-refractivity contribution in [2.75, 3.05) is 40.1 Å². The standard InChI is InChI=1S/C21H25NO6S/c1-25-18-5-3-2-4-17(18)21(8-10-26-11-9-21)15-22-29(23,24)16-6-7-19-20(14-16)28-13-12-27-19/h2-7,14,22H,8-13,15H2,1H3. The molecule has 0 amide bonds. The van der Waals surface area contributed by atoms with E-state index in [1.807, 2.05) is 24.3 Å². The van der Waals surface area contributed by atoms with E-state index in [2.05, 4.69) is 4.72 Å². The summed E-state index contributed by atoms with van der Waals surface area (Å²) in [5.74, 6) is 1.77. The first-order valence-corrected chi connectivity index (χ1v) is 11.1. The quantitative estimate of drug-likeness (QED) is 0.775. The minimum atomic E-state index is -3.73. The van der Waals surface area contributed by atoms with Crippen LogP contribution in [0.1, 0.15) is 18.4 Å². The summed E-state index contributed by atoms with van der Waals surface area (Å²) in [5, 5.41) is 0. The van der Waals surface area contributed by atoms with Crippen LogP contribution in [0.5, 0.6) is 17.2 Å². The van der Waals surface area contributed by atoms with Gasteiger partial charge in [-0.05, 0) is 31.0 Å².